The van der Waals surface area contributed by atoms with E-state index in [-0.39, 0.29) is 6.17 Å². The molecule has 4 heteroatoms. The third-order valence-corrected chi connectivity index (χ3v) is 4.62. The van der Waals surface area contributed by atoms with E-state index in [0.717, 1.165) is 33.3 Å². The van der Waals surface area contributed by atoms with Gasteiger partial charge in [0.05, 0.1) is 11.4 Å². The van der Waals surface area contributed by atoms with Crippen LogP contribution in [0.5, 0.6) is 0 Å². The maximum atomic E-state index is 6.23. The maximum Gasteiger partial charge on any atom is 0.159 e. The van der Waals surface area contributed by atoms with Crippen molar-refractivity contribution in [3.63, 3.8) is 0 Å². The van der Waals surface area contributed by atoms with E-state index in [0.29, 0.717) is 0 Å². The predicted molar refractivity (Wildman–Crippen MR) is 89.8 cm³/mol. The van der Waals surface area contributed by atoms with Crippen LogP contribution in [0.2, 0.25) is 0 Å². The lowest BCUT2D eigenvalue weighted by Gasteiger charge is -2.28. The zero-order chi connectivity index (χ0) is 15.4. The van der Waals surface area contributed by atoms with Crippen molar-refractivity contribution in [2.45, 2.75) is 26.9 Å². The second-order valence-electron chi connectivity index (χ2n) is 5.99. The lowest BCUT2D eigenvalue weighted by Crippen LogP contribution is -2.33. The lowest BCUT2D eigenvalue weighted by molar-refractivity contribution is 0.383. The highest BCUT2D eigenvalue weighted by Gasteiger charge is 2.25. The Morgan fingerprint density at radius 1 is 1.05 bits per heavy atom. The van der Waals surface area contributed by atoms with E-state index < -0.39 is 0 Å². The molecule has 0 saturated heterocycles. The first-order chi connectivity index (χ1) is 10.6. The minimum absolute atomic E-state index is 0.275. The summed E-state index contributed by atoms with van der Waals surface area (Å²) in [7, 11) is 2.09. The predicted octanol–water partition coefficient (Wildman–Crippen LogP) is 4.17. The molecule has 0 N–H and O–H groups in total. The lowest BCUT2D eigenvalue weighted by atomic mass is 10.1. The molecule has 0 amide bonds. The average molecular weight is 293 g/mol. The molecule has 1 aliphatic heterocycles. The first-order valence-electron chi connectivity index (χ1n) is 7.54. The smallest absolute Gasteiger partial charge is 0.159 e. The number of pyridine rings is 1. The molecule has 2 aromatic heterocycles. The molecular formula is C18H19N3O. The van der Waals surface area contributed by atoms with E-state index in [1.54, 1.807) is 0 Å². The van der Waals surface area contributed by atoms with Crippen LogP contribution in [-0.4, -0.2) is 23.1 Å². The molecule has 3 heterocycles. The molecule has 3 aromatic rings. The fraction of sp³-hybridized carbons (Fsp3) is 0.278. The molecular weight excluding hydrogens is 274 g/mol. The summed E-state index contributed by atoms with van der Waals surface area (Å²) in [5, 5.41) is 2.28. The molecule has 22 heavy (non-hydrogen) atoms. The fourth-order valence-electron chi connectivity index (χ4n) is 3.19. The number of hydrogen-bond donors (Lipinski definition) is 0. The van der Waals surface area contributed by atoms with E-state index in [9.17, 15) is 0 Å². The minimum atomic E-state index is 0.275. The summed E-state index contributed by atoms with van der Waals surface area (Å²) in [6.07, 6.45) is 6.33. The number of benzene rings is 1. The molecule has 1 aromatic carbocycles. The molecule has 1 atom stereocenters. The van der Waals surface area contributed by atoms with Crippen LogP contribution in [0.3, 0.4) is 0 Å². The van der Waals surface area contributed by atoms with Crippen molar-refractivity contribution in [1.82, 2.24) is 9.88 Å². The van der Waals surface area contributed by atoms with E-state index in [4.69, 9.17) is 4.42 Å². The van der Waals surface area contributed by atoms with Gasteiger partial charge in [-0.1, -0.05) is 12.1 Å². The molecule has 1 aliphatic rings. The van der Waals surface area contributed by atoms with E-state index in [1.807, 2.05) is 19.2 Å². The highest BCUT2D eigenvalue weighted by molar-refractivity contribution is 6.10. The monoisotopic (exact) mass is 293 g/mol. The Balaban J connectivity index is 2.06. The number of aromatic nitrogens is 1. The van der Waals surface area contributed by atoms with Gasteiger partial charge >= 0.3 is 0 Å². The van der Waals surface area contributed by atoms with Crippen LogP contribution in [0.25, 0.3) is 21.9 Å². The normalized spacial score (nSPS) is 18.1. The van der Waals surface area contributed by atoms with Gasteiger partial charge in [-0.3, -0.25) is 4.98 Å². The van der Waals surface area contributed by atoms with Crippen LogP contribution in [0, 0.1) is 13.8 Å². The summed E-state index contributed by atoms with van der Waals surface area (Å²) in [6.45, 7) is 6.31. The zero-order valence-corrected chi connectivity index (χ0v) is 13.3. The van der Waals surface area contributed by atoms with Crippen LogP contribution < -0.4 is 4.90 Å². The third-order valence-electron chi connectivity index (χ3n) is 4.62. The average Bonchev–Trinajstić information content (AvgIpc) is 3.03. The molecule has 112 valence electrons. The summed E-state index contributed by atoms with van der Waals surface area (Å²) < 4.78 is 6.23. The summed E-state index contributed by atoms with van der Waals surface area (Å²) in [6, 6.07) is 6.34. The highest BCUT2D eigenvalue weighted by Crippen LogP contribution is 2.39. The summed E-state index contributed by atoms with van der Waals surface area (Å²) in [4.78, 5) is 8.80. The van der Waals surface area contributed by atoms with Gasteiger partial charge in [0.1, 0.15) is 6.17 Å². The van der Waals surface area contributed by atoms with Crippen LogP contribution in [0.15, 0.2) is 41.2 Å². The van der Waals surface area contributed by atoms with Crippen LogP contribution in [0.4, 0.5) is 5.69 Å². The SMILES string of the molecule is Cc1ccc2c(oc3c(C)nccc32)c1N1C=CN(C)[C@@H]1C. The minimum Gasteiger partial charge on any atom is -0.452 e. The number of nitrogens with zero attached hydrogens (tertiary/aromatic N) is 3. The van der Waals surface area contributed by atoms with E-state index in [1.165, 1.54) is 5.56 Å². The fourth-order valence-corrected chi connectivity index (χ4v) is 3.19. The van der Waals surface area contributed by atoms with Gasteiger partial charge < -0.3 is 14.2 Å². The number of hydrogen-bond acceptors (Lipinski definition) is 4. The Labute approximate surface area is 129 Å². The molecule has 0 radical (unpaired) electrons. The summed E-state index contributed by atoms with van der Waals surface area (Å²) in [5.41, 5.74) is 5.11. The van der Waals surface area contributed by atoms with Gasteiger partial charge in [-0.2, -0.15) is 0 Å². The molecule has 4 nitrogen and oxygen atoms in total. The van der Waals surface area contributed by atoms with E-state index in [2.05, 4.69) is 60.2 Å². The van der Waals surface area contributed by atoms with Crippen molar-refractivity contribution in [2.24, 2.45) is 0 Å². The van der Waals surface area contributed by atoms with Crippen molar-refractivity contribution in [1.29, 1.82) is 0 Å². The molecule has 0 aliphatic carbocycles. The Morgan fingerprint density at radius 2 is 1.82 bits per heavy atom. The molecule has 0 saturated carbocycles. The maximum absolute atomic E-state index is 6.23. The number of anilines is 1. The van der Waals surface area contributed by atoms with Gasteiger partial charge in [0.25, 0.3) is 0 Å². The van der Waals surface area contributed by atoms with Gasteiger partial charge in [0.15, 0.2) is 11.2 Å². The first-order valence-corrected chi connectivity index (χ1v) is 7.54. The Kier molecular flexibility index (Phi) is 2.70. The Morgan fingerprint density at radius 3 is 2.55 bits per heavy atom. The van der Waals surface area contributed by atoms with Crippen molar-refractivity contribution >= 4 is 27.6 Å². The second kappa shape index (κ2) is 4.50. The van der Waals surface area contributed by atoms with Crippen LogP contribution in [0.1, 0.15) is 18.2 Å². The topological polar surface area (TPSA) is 32.5 Å². The van der Waals surface area contributed by atoms with Crippen LogP contribution >= 0.6 is 0 Å². The summed E-state index contributed by atoms with van der Waals surface area (Å²) in [5.74, 6) is 0. The number of rotatable bonds is 1. The van der Waals surface area contributed by atoms with Gasteiger partial charge in [0.2, 0.25) is 0 Å². The number of aryl methyl sites for hydroxylation is 2. The van der Waals surface area contributed by atoms with Crippen molar-refractivity contribution < 1.29 is 4.42 Å². The molecule has 4 rings (SSSR count). The van der Waals surface area contributed by atoms with Crippen LogP contribution in [-0.2, 0) is 0 Å². The molecule has 0 bridgehead atoms. The third kappa shape index (κ3) is 1.67. The van der Waals surface area contributed by atoms with Crippen molar-refractivity contribution in [3.8, 4) is 0 Å². The summed E-state index contributed by atoms with van der Waals surface area (Å²) >= 11 is 0. The van der Waals surface area contributed by atoms with Crippen molar-refractivity contribution in [2.75, 3.05) is 11.9 Å². The molecule has 0 unspecified atom stereocenters. The standard InChI is InChI=1S/C18H19N3O/c1-11-5-6-14-15-7-8-19-12(2)17(15)22-18(14)16(11)21-10-9-20(4)13(21)3/h5-10,13H,1-4H3/t13-/m0/s1. The Bertz CT molecular complexity index is 909. The van der Waals surface area contributed by atoms with Gasteiger partial charge in [-0.15, -0.1) is 0 Å². The molecule has 0 fully saturated rings. The number of fused-ring (bicyclic) bond motifs is 3. The second-order valence-corrected chi connectivity index (χ2v) is 5.99. The number of furan rings is 1. The largest absolute Gasteiger partial charge is 0.452 e. The molecule has 0 spiro atoms. The first kappa shape index (κ1) is 13.2. The zero-order valence-electron chi connectivity index (χ0n) is 13.3. The van der Waals surface area contributed by atoms with Crippen molar-refractivity contribution in [3.05, 3.63) is 48.1 Å². The highest BCUT2D eigenvalue weighted by atomic mass is 16.3. The van der Waals surface area contributed by atoms with Gasteiger partial charge in [0, 0.05) is 36.4 Å². The Hall–Kier alpha value is -2.49. The van der Waals surface area contributed by atoms with E-state index >= 15 is 0 Å². The van der Waals surface area contributed by atoms with Gasteiger partial charge in [-0.05, 0) is 32.4 Å². The quantitative estimate of drug-likeness (QED) is 0.674. The van der Waals surface area contributed by atoms with Gasteiger partial charge in [-0.25, -0.2) is 0 Å².